The van der Waals surface area contributed by atoms with E-state index in [4.69, 9.17) is 9.47 Å². The molecule has 2 aromatic carbocycles. The molecule has 0 aliphatic heterocycles. The molecule has 0 N–H and O–H groups in total. The normalized spacial score (nSPS) is 11.0. The van der Waals surface area contributed by atoms with Gasteiger partial charge in [0.1, 0.15) is 11.6 Å². The quantitative estimate of drug-likeness (QED) is 0.353. The van der Waals surface area contributed by atoms with Gasteiger partial charge in [-0.15, -0.1) is 0 Å². The van der Waals surface area contributed by atoms with Gasteiger partial charge in [0, 0.05) is 12.1 Å². The van der Waals surface area contributed by atoms with Crippen LogP contribution in [-0.2, 0) is 10.2 Å². The molecule has 0 saturated carbocycles. The highest BCUT2D eigenvalue weighted by atomic mass is 19.1. The van der Waals surface area contributed by atoms with Gasteiger partial charge in [-0.25, -0.2) is 9.18 Å². The average molecular weight is 347 g/mol. The molecule has 2 aromatic rings. The number of nitro benzene ring substituents is 1. The summed E-state index contributed by atoms with van der Waals surface area (Å²) >= 11 is 0. The molecule has 0 saturated heterocycles. The van der Waals surface area contributed by atoms with Crippen LogP contribution in [0.4, 0.5) is 10.1 Å². The molecule has 7 heteroatoms. The summed E-state index contributed by atoms with van der Waals surface area (Å²) in [6.07, 6.45) is 0. The van der Waals surface area contributed by atoms with E-state index in [2.05, 4.69) is 20.8 Å². The van der Waals surface area contributed by atoms with Gasteiger partial charge in [-0.05, 0) is 29.2 Å². The third-order valence-corrected chi connectivity index (χ3v) is 3.42. The number of halogens is 1. The first-order chi connectivity index (χ1) is 11.7. The second kappa shape index (κ2) is 7.29. The topological polar surface area (TPSA) is 78.7 Å². The molecule has 0 aliphatic rings. The number of ether oxygens (including phenoxy) is 2. The van der Waals surface area contributed by atoms with Crippen molar-refractivity contribution in [3.8, 4) is 11.5 Å². The highest BCUT2D eigenvalue weighted by Gasteiger charge is 2.19. The number of hydrogen-bond acceptors (Lipinski definition) is 5. The lowest BCUT2D eigenvalue weighted by molar-refractivity contribution is -0.385. The molecule has 0 bridgehead atoms. The minimum atomic E-state index is -0.867. The maximum atomic E-state index is 13.2. The van der Waals surface area contributed by atoms with E-state index in [1.807, 2.05) is 12.1 Å². The van der Waals surface area contributed by atoms with Gasteiger partial charge in [0.15, 0.2) is 6.61 Å². The number of carbonyl (C=O) groups is 1. The predicted molar refractivity (Wildman–Crippen MR) is 89.3 cm³/mol. The fourth-order valence-electron chi connectivity index (χ4n) is 2.07. The Hall–Kier alpha value is -2.96. The van der Waals surface area contributed by atoms with Gasteiger partial charge in [0.2, 0.25) is 5.75 Å². The number of rotatable bonds is 5. The Morgan fingerprint density at radius 3 is 2.36 bits per heavy atom. The van der Waals surface area contributed by atoms with Crippen LogP contribution in [0, 0.1) is 15.9 Å². The molecule has 0 atom stereocenters. The maximum absolute atomic E-state index is 13.2. The molecule has 0 amide bonds. The van der Waals surface area contributed by atoms with E-state index < -0.39 is 34.8 Å². The summed E-state index contributed by atoms with van der Waals surface area (Å²) < 4.78 is 23.3. The summed E-state index contributed by atoms with van der Waals surface area (Å²) in [7, 11) is 0. The van der Waals surface area contributed by atoms with Gasteiger partial charge in [-0.1, -0.05) is 32.9 Å². The van der Waals surface area contributed by atoms with E-state index in [0.29, 0.717) is 5.75 Å². The monoisotopic (exact) mass is 347 g/mol. The molecular formula is C18H18FNO5. The lowest BCUT2D eigenvalue weighted by Gasteiger charge is -2.19. The predicted octanol–water partition coefficient (Wildman–Crippen LogP) is 4.02. The molecular weight excluding hydrogens is 329 g/mol. The van der Waals surface area contributed by atoms with E-state index in [9.17, 15) is 19.3 Å². The van der Waals surface area contributed by atoms with Crippen LogP contribution in [-0.4, -0.2) is 17.5 Å². The Balaban J connectivity index is 2.00. The molecule has 0 radical (unpaired) electrons. The number of esters is 1. The summed E-state index contributed by atoms with van der Waals surface area (Å²) in [6.45, 7) is 5.77. The van der Waals surface area contributed by atoms with E-state index in [0.717, 1.165) is 23.8 Å². The van der Waals surface area contributed by atoms with E-state index >= 15 is 0 Å². The van der Waals surface area contributed by atoms with Gasteiger partial charge < -0.3 is 9.47 Å². The summed E-state index contributed by atoms with van der Waals surface area (Å²) in [5.74, 6) is -1.61. The van der Waals surface area contributed by atoms with Gasteiger partial charge in [-0.3, -0.25) is 10.1 Å². The van der Waals surface area contributed by atoms with Crippen LogP contribution in [0.5, 0.6) is 11.5 Å². The molecule has 0 unspecified atom stereocenters. The van der Waals surface area contributed by atoms with Crippen LogP contribution in [0.15, 0.2) is 42.5 Å². The minimum absolute atomic E-state index is 0.00617. The zero-order valence-corrected chi connectivity index (χ0v) is 14.1. The third kappa shape index (κ3) is 5.00. The second-order valence-corrected chi connectivity index (χ2v) is 6.41. The van der Waals surface area contributed by atoms with Crippen LogP contribution < -0.4 is 9.47 Å². The first-order valence-electron chi connectivity index (χ1n) is 7.55. The number of carbonyl (C=O) groups excluding carboxylic acids is 1. The highest BCUT2D eigenvalue weighted by molar-refractivity contribution is 5.75. The number of benzene rings is 2. The van der Waals surface area contributed by atoms with Gasteiger partial charge in [0.25, 0.3) is 0 Å². The van der Waals surface area contributed by atoms with Crippen LogP contribution in [0.25, 0.3) is 0 Å². The highest BCUT2D eigenvalue weighted by Crippen LogP contribution is 2.28. The number of nitro groups is 1. The molecule has 25 heavy (non-hydrogen) atoms. The smallest absolute Gasteiger partial charge is 0.349 e. The molecule has 2 rings (SSSR count). The molecule has 0 spiro atoms. The van der Waals surface area contributed by atoms with Crippen molar-refractivity contribution in [1.82, 2.24) is 0 Å². The molecule has 6 nitrogen and oxygen atoms in total. The average Bonchev–Trinajstić information content (AvgIpc) is 2.52. The maximum Gasteiger partial charge on any atom is 0.349 e. The fourth-order valence-corrected chi connectivity index (χ4v) is 2.07. The van der Waals surface area contributed by atoms with Crippen molar-refractivity contribution in [3.63, 3.8) is 0 Å². The van der Waals surface area contributed by atoms with Crippen molar-refractivity contribution in [2.24, 2.45) is 0 Å². The van der Waals surface area contributed by atoms with Crippen LogP contribution >= 0.6 is 0 Å². The second-order valence-electron chi connectivity index (χ2n) is 6.41. The number of hydrogen-bond donors (Lipinski definition) is 0. The van der Waals surface area contributed by atoms with Gasteiger partial charge >= 0.3 is 11.7 Å². The SMILES string of the molecule is CC(C)(C)c1ccc(OCC(=O)Oc2cc(F)ccc2[N+](=O)[O-])cc1. The molecule has 0 aliphatic carbocycles. The van der Waals surface area contributed by atoms with Gasteiger partial charge in [0.05, 0.1) is 4.92 Å². The zero-order valence-electron chi connectivity index (χ0n) is 14.1. The Labute approximate surface area is 144 Å². The third-order valence-electron chi connectivity index (χ3n) is 3.42. The molecule has 132 valence electrons. The van der Waals surface area contributed by atoms with Crippen LogP contribution in [0.1, 0.15) is 26.3 Å². The lowest BCUT2D eigenvalue weighted by Crippen LogP contribution is -2.18. The van der Waals surface area contributed by atoms with E-state index in [1.165, 1.54) is 0 Å². The van der Waals surface area contributed by atoms with Gasteiger partial charge in [-0.2, -0.15) is 0 Å². The molecule has 0 fully saturated rings. The summed E-state index contributed by atoms with van der Waals surface area (Å²) in [5.41, 5.74) is 0.607. The zero-order chi connectivity index (χ0) is 18.6. The summed E-state index contributed by atoms with van der Waals surface area (Å²) in [4.78, 5) is 21.9. The van der Waals surface area contributed by atoms with Crippen LogP contribution in [0.3, 0.4) is 0 Å². The summed E-state index contributed by atoms with van der Waals surface area (Å²) in [5, 5.41) is 10.9. The first kappa shape index (κ1) is 18.4. The Morgan fingerprint density at radius 2 is 1.80 bits per heavy atom. The minimum Gasteiger partial charge on any atom is -0.482 e. The van der Waals surface area contributed by atoms with Crippen molar-refractivity contribution in [3.05, 3.63) is 64.0 Å². The first-order valence-corrected chi connectivity index (χ1v) is 7.55. The Morgan fingerprint density at radius 1 is 1.16 bits per heavy atom. The fraction of sp³-hybridized carbons (Fsp3) is 0.278. The van der Waals surface area contributed by atoms with Crippen molar-refractivity contribution in [1.29, 1.82) is 0 Å². The van der Waals surface area contributed by atoms with Crippen molar-refractivity contribution in [2.45, 2.75) is 26.2 Å². The van der Waals surface area contributed by atoms with Crippen molar-refractivity contribution >= 4 is 11.7 Å². The van der Waals surface area contributed by atoms with Crippen molar-refractivity contribution < 1.29 is 23.6 Å². The van der Waals surface area contributed by atoms with Crippen LogP contribution in [0.2, 0.25) is 0 Å². The van der Waals surface area contributed by atoms with E-state index in [-0.39, 0.29) is 5.41 Å². The Bertz CT molecular complexity index is 781. The lowest BCUT2D eigenvalue weighted by atomic mass is 9.87. The van der Waals surface area contributed by atoms with Crippen molar-refractivity contribution in [2.75, 3.05) is 6.61 Å². The molecule has 0 aromatic heterocycles. The Kier molecular flexibility index (Phi) is 5.36. The number of nitrogens with zero attached hydrogens (tertiary/aromatic N) is 1. The largest absolute Gasteiger partial charge is 0.482 e. The van der Waals surface area contributed by atoms with E-state index in [1.54, 1.807) is 12.1 Å². The summed E-state index contributed by atoms with van der Waals surface area (Å²) in [6, 6.07) is 9.86. The standard InChI is InChI=1S/C18H18FNO5/c1-18(2,3)12-4-7-14(8-5-12)24-11-17(21)25-16-10-13(19)6-9-15(16)20(22)23/h4-10H,11H2,1-3H3. The molecule has 0 heterocycles.